The number of likely N-dealkylation sites (N-methyl/N-ethyl adjacent to an activating group) is 1. The van der Waals surface area contributed by atoms with Crippen molar-refractivity contribution >= 4 is 29.9 Å². The van der Waals surface area contributed by atoms with Gasteiger partial charge in [-0.3, -0.25) is 4.79 Å². The maximum Gasteiger partial charge on any atom is 0.260 e. The lowest BCUT2D eigenvalue weighted by Gasteiger charge is -2.32. The van der Waals surface area contributed by atoms with E-state index in [2.05, 4.69) is 5.32 Å². The Morgan fingerprint density at radius 3 is 3.00 bits per heavy atom. The summed E-state index contributed by atoms with van der Waals surface area (Å²) in [6, 6.07) is 4.18. The average Bonchev–Trinajstić information content (AvgIpc) is 2.46. The Morgan fingerprint density at radius 2 is 2.33 bits per heavy atom. The van der Waals surface area contributed by atoms with E-state index in [0.29, 0.717) is 18.3 Å². The van der Waals surface area contributed by atoms with E-state index in [1.54, 1.807) is 4.90 Å². The van der Waals surface area contributed by atoms with Gasteiger partial charge in [-0.25, -0.2) is 4.39 Å². The predicted molar refractivity (Wildman–Crippen MR) is 82.8 cm³/mol. The van der Waals surface area contributed by atoms with Crippen LogP contribution in [0.1, 0.15) is 12.8 Å². The molecule has 7 heteroatoms. The third-order valence-corrected chi connectivity index (χ3v) is 3.72. The fraction of sp³-hybridized carbons (Fsp3) is 0.500. The number of halogens is 3. The Kier molecular flexibility index (Phi) is 7.22. The summed E-state index contributed by atoms with van der Waals surface area (Å²) in [5, 5.41) is 3.35. The molecule has 0 radical (unpaired) electrons. The zero-order chi connectivity index (χ0) is 14.5. The summed E-state index contributed by atoms with van der Waals surface area (Å²) < 4.78 is 18.3. The van der Waals surface area contributed by atoms with Gasteiger partial charge in [-0.1, -0.05) is 11.6 Å². The van der Waals surface area contributed by atoms with Gasteiger partial charge in [-0.05, 0) is 38.1 Å². The highest BCUT2D eigenvalue weighted by Crippen LogP contribution is 2.24. The normalized spacial score (nSPS) is 18.0. The number of carbonyl (C=O) groups excluding carboxylic acids is 1. The van der Waals surface area contributed by atoms with E-state index in [4.69, 9.17) is 16.3 Å². The third kappa shape index (κ3) is 5.02. The van der Waals surface area contributed by atoms with Gasteiger partial charge in [0.15, 0.2) is 6.61 Å². The first-order chi connectivity index (χ1) is 9.60. The van der Waals surface area contributed by atoms with E-state index in [-0.39, 0.29) is 29.9 Å². The molecule has 21 heavy (non-hydrogen) atoms. The van der Waals surface area contributed by atoms with Gasteiger partial charge in [0.2, 0.25) is 0 Å². The van der Waals surface area contributed by atoms with Crippen LogP contribution in [-0.4, -0.2) is 43.6 Å². The van der Waals surface area contributed by atoms with Gasteiger partial charge in [-0.15, -0.1) is 12.4 Å². The standard InChI is InChI=1S/C14H18ClFN2O2.ClH/c1-17-11-3-2-6-18(8-11)14(19)9-20-13-5-4-10(16)7-12(13)15;/h4-5,7,11,17H,2-3,6,8-9H2,1H3;1H. The molecule has 1 N–H and O–H groups in total. The molecule has 1 aromatic rings. The van der Waals surface area contributed by atoms with Crippen LogP contribution in [0.4, 0.5) is 4.39 Å². The van der Waals surface area contributed by atoms with Crippen LogP contribution >= 0.6 is 24.0 Å². The molecule has 1 heterocycles. The fourth-order valence-corrected chi connectivity index (χ4v) is 2.48. The lowest BCUT2D eigenvalue weighted by molar-refractivity contribution is -0.134. The van der Waals surface area contributed by atoms with Gasteiger partial charge in [0.25, 0.3) is 5.91 Å². The Labute approximate surface area is 135 Å². The number of amides is 1. The van der Waals surface area contributed by atoms with Crippen LogP contribution in [0.3, 0.4) is 0 Å². The van der Waals surface area contributed by atoms with Crippen LogP contribution < -0.4 is 10.1 Å². The number of carbonyl (C=O) groups is 1. The van der Waals surface area contributed by atoms with E-state index in [0.717, 1.165) is 19.4 Å². The van der Waals surface area contributed by atoms with Crippen molar-refractivity contribution in [2.45, 2.75) is 18.9 Å². The molecule has 0 spiro atoms. The van der Waals surface area contributed by atoms with Crippen molar-refractivity contribution in [1.82, 2.24) is 10.2 Å². The molecule has 0 saturated carbocycles. The molecule has 1 aliphatic rings. The summed E-state index contributed by atoms with van der Waals surface area (Å²) in [6.45, 7) is 1.36. The third-order valence-electron chi connectivity index (χ3n) is 3.43. The van der Waals surface area contributed by atoms with Crippen LogP contribution in [0.25, 0.3) is 0 Å². The highest BCUT2D eigenvalue weighted by Gasteiger charge is 2.22. The summed E-state index contributed by atoms with van der Waals surface area (Å²) in [6.07, 6.45) is 2.06. The summed E-state index contributed by atoms with van der Waals surface area (Å²) >= 11 is 5.84. The first-order valence-electron chi connectivity index (χ1n) is 6.63. The summed E-state index contributed by atoms with van der Waals surface area (Å²) in [4.78, 5) is 13.8. The zero-order valence-electron chi connectivity index (χ0n) is 11.8. The molecule has 0 aliphatic carbocycles. The monoisotopic (exact) mass is 336 g/mol. The van der Waals surface area contributed by atoms with Crippen molar-refractivity contribution in [1.29, 1.82) is 0 Å². The topological polar surface area (TPSA) is 41.6 Å². The molecule has 0 aromatic heterocycles. The zero-order valence-corrected chi connectivity index (χ0v) is 13.3. The Bertz CT molecular complexity index is 488. The molecule has 0 bridgehead atoms. The van der Waals surface area contributed by atoms with Gasteiger partial charge < -0.3 is 15.0 Å². The highest BCUT2D eigenvalue weighted by atomic mass is 35.5. The predicted octanol–water partition coefficient (Wildman–Crippen LogP) is 2.49. The van der Waals surface area contributed by atoms with Gasteiger partial charge >= 0.3 is 0 Å². The number of rotatable bonds is 4. The van der Waals surface area contributed by atoms with Gasteiger partial charge in [-0.2, -0.15) is 0 Å². The maximum atomic E-state index is 12.9. The Balaban J connectivity index is 0.00000220. The molecule has 1 atom stereocenters. The summed E-state index contributed by atoms with van der Waals surface area (Å²) in [5.41, 5.74) is 0. The number of hydrogen-bond acceptors (Lipinski definition) is 3. The molecule has 1 aliphatic heterocycles. The van der Waals surface area contributed by atoms with E-state index < -0.39 is 5.82 Å². The number of ether oxygens (including phenoxy) is 1. The number of nitrogens with one attached hydrogen (secondary N) is 1. The summed E-state index contributed by atoms with van der Waals surface area (Å²) in [5.74, 6) is -0.185. The van der Waals surface area contributed by atoms with E-state index in [1.807, 2.05) is 7.05 Å². The smallest absolute Gasteiger partial charge is 0.260 e. The molecule has 118 valence electrons. The number of likely N-dealkylation sites (tertiary alicyclic amines) is 1. The molecule has 1 amide bonds. The van der Waals surface area contributed by atoms with Gasteiger partial charge in [0.1, 0.15) is 11.6 Å². The highest BCUT2D eigenvalue weighted by molar-refractivity contribution is 6.32. The lowest BCUT2D eigenvalue weighted by Crippen LogP contribution is -2.48. The lowest BCUT2D eigenvalue weighted by atomic mass is 10.1. The summed E-state index contributed by atoms with van der Waals surface area (Å²) in [7, 11) is 1.90. The van der Waals surface area contributed by atoms with E-state index >= 15 is 0 Å². The largest absolute Gasteiger partial charge is 0.482 e. The minimum Gasteiger partial charge on any atom is -0.482 e. The first-order valence-corrected chi connectivity index (χ1v) is 7.01. The molecular weight excluding hydrogens is 318 g/mol. The number of hydrogen-bond donors (Lipinski definition) is 1. The fourth-order valence-electron chi connectivity index (χ4n) is 2.26. The van der Waals surface area contributed by atoms with Crippen molar-refractivity contribution < 1.29 is 13.9 Å². The second-order valence-corrected chi connectivity index (χ2v) is 5.24. The van der Waals surface area contributed by atoms with Crippen LogP contribution in [-0.2, 0) is 4.79 Å². The van der Waals surface area contributed by atoms with Crippen molar-refractivity contribution in [2.24, 2.45) is 0 Å². The minimum absolute atomic E-state index is 0. The molecule has 2 rings (SSSR count). The van der Waals surface area contributed by atoms with Crippen LogP contribution in [0.2, 0.25) is 5.02 Å². The number of nitrogens with zero attached hydrogens (tertiary/aromatic N) is 1. The molecule has 1 unspecified atom stereocenters. The second-order valence-electron chi connectivity index (χ2n) is 4.83. The van der Waals surface area contributed by atoms with Crippen molar-refractivity contribution in [3.63, 3.8) is 0 Å². The molecule has 1 aromatic carbocycles. The minimum atomic E-state index is -0.429. The van der Waals surface area contributed by atoms with Crippen molar-refractivity contribution in [3.8, 4) is 5.75 Å². The molecule has 1 fully saturated rings. The van der Waals surface area contributed by atoms with E-state index in [9.17, 15) is 9.18 Å². The van der Waals surface area contributed by atoms with Crippen LogP contribution in [0.5, 0.6) is 5.75 Å². The Morgan fingerprint density at radius 1 is 1.57 bits per heavy atom. The quantitative estimate of drug-likeness (QED) is 0.918. The number of benzene rings is 1. The maximum absolute atomic E-state index is 12.9. The van der Waals surface area contributed by atoms with E-state index in [1.165, 1.54) is 18.2 Å². The van der Waals surface area contributed by atoms with Crippen LogP contribution in [0, 0.1) is 5.82 Å². The molecule has 4 nitrogen and oxygen atoms in total. The van der Waals surface area contributed by atoms with Crippen molar-refractivity contribution in [3.05, 3.63) is 29.0 Å². The SMILES string of the molecule is CNC1CCCN(C(=O)COc2ccc(F)cc2Cl)C1.Cl. The Hall–Kier alpha value is -1.04. The molecule has 1 saturated heterocycles. The average molecular weight is 337 g/mol. The van der Waals surface area contributed by atoms with Crippen molar-refractivity contribution in [2.75, 3.05) is 26.7 Å². The second kappa shape index (κ2) is 8.41. The van der Waals surface area contributed by atoms with Gasteiger partial charge in [0.05, 0.1) is 5.02 Å². The number of piperidine rings is 1. The first kappa shape index (κ1) is 18.0. The molecular formula is C14H19Cl2FN2O2. The van der Waals surface area contributed by atoms with Gasteiger partial charge in [0, 0.05) is 19.1 Å². The van der Waals surface area contributed by atoms with Crippen LogP contribution in [0.15, 0.2) is 18.2 Å².